The van der Waals surface area contributed by atoms with E-state index in [0.717, 1.165) is 17.8 Å². The maximum absolute atomic E-state index is 12.0. The van der Waals surface area contributed by atoms with Crippen LogP contribution in [0.25, 0.3) is 5.57 Å². The van der Waals surface area contributed by atoms with Gasteiger partial charge in [-0.05, 0) is 63.6 Å². The van der Waals surface area contributed by atoms with Gasteiger partial charge < -0.3 is 9.64 Å². The molecule has 1 amide bonds. The van der Waals surface area contributed by atoms with E-state index in [2.05, 4.69) is 49.2 Å². The number of carbonyl (C=O) groups is 1. The van der Waals surface area contributed by atoms with Crippen molar-refractivity contribution in [1.82, 2.24) is 5.43 Å². The smallest absolute Gasteiger partial charge is 0.277 e. The summed E-state index contributed by atoms with van der Waals surface area (Å²) >= 11 is 18.4. The van der Waals surface area contributed by atoms with Gasteiger partial charge in [-0.15, -0.1) is 0 Å². The summed E-state index contributed by atoms with van der Waals surface area (Å²) in [5.74, 6) is -0.0556. The van der Waals surface area contributed by atoms with Crippen LogP contribution in [0.2, 0.25) is 15.1 Å². The molecule has 1 heterocycles. The fourth-order valence-corrected chi connectivity index (χ4v) is 4.40. The summed E-state index contributed by atoms with van der Waals surface area (Å²) in [5.41, 5.74) is 6.42. The lowest BCUT2D eigenvalue weighted by atomic mass is 9.88. The maximum Gasteiger partial charge on any atom is 0.277 e. The van der Waals surface area contributed by atoms with Gasteiger partial charge in [0.1, 0.15) is 5.75 Å². The van der Waals surface area contributed by atoms with Gasteiger partial charge in [-0.1, -0.05) is 40.9 Å². The first-order chi connectivity index (χ1) is 14.6. The zero-order valence-electron chi connectivity index (χ0n) is 17.8. The van der Waals surface area contributed by atoms with E-state index in [1.54, 1.807) is 18.2 Å². The number of nitrogens with zero attached hydrogens (tertiary/aromatic N) is 2. The van der Waals surface area contributed by atoms with Crippen molar-refractivity contribution in [1.29, 1.82) is 0 Å². The van der Waals surface area contributed by atoms with E-state index in [-0.39, 0.29) is 12.1 Å². The van der Waals surface area contributed by atoms with Gasteiger partial charge >= 0.3 is 0 Å². The van der Waals surface area contributed by atoms with Gasteiger partial charge in [0.05, 0.1) is 21.8 Å². The minimum absolute atomic E-state index is 0.0915. The second-order valence-corrected chi connectivity index (χ2v) is 9.02. The molecule has 0 aromatic heterocycles. The van der Waals surface area contributed by atoms with Crippen LogP contribution >= 0.6 is 34.8 Å². The van der Waals surface area contributed by atoms with Crippen molar-refractivity contribution >= 4 is 58.2 Å². The van der Waals surface area contributed by atoms with E-state index < -0.39 is 5.91 Å². The van der Waals surface area contributed by atoms with Gasteiger partial charge in [0.2, 0.25) is 0 Å². The second-order valence-electron chi connectivity index (χ2n) is 7.77. The van der Waals surface area contributed by atoms with Gasteiger partial charge in [0.25, 0.3) is 5.91 Å². The van der Waals surface area contributed by atoms with E-state index in [1.165, 1.54) is 11.8 Å². The Morgan fingerprint density at radius 3 is 2.61 bits per heavy atom. The Morgan fingerprint density at radius 1 is 1.19 bits per heavy atom. The lowest BCUT2D eigenvalue weighted by Crippen LogP contribution is -2.44. The molecule has 0 radical (unpaired) electrons. The molecule has 0 unspecified atom stereocenters. The monoisotopic (exact) mass is 479 g/mol. The zero-order chi connectivity index (χ0) is 22.8. The molecule has 2 aromatic rings. The van der Waals surface area contributed by atoms with Crippen molar-refractivity contribution < 1.29 is 9.53 Å². The maximum atomic E-state index is 12.0. The molecule has 164 valence electrons. The van der Waals surface area contributed by atoms with Crippen LogP contribution in [0.15, 0.2) is 41.5 Å². The van der Waals surface area contributed by atoms with Gasteiger partial charge in [-0.2, -0.15) is 5.10 Å². The van der Waals surface area contributed by atoms with Gasteiger partial charge in [-0.25, -0.2) is 5.43 Å². The van der Waals surface area contributed by atoms with E-state index in [4.69, 9.17) is 39.5 Å². The molecule has 0 saturated heterocycles. The predicted octanol–water partition coefficient (Wildman–Crippen LogP) is 6.20. The molecule has 5 nitrogen and oxygen atoms in total. The molecule has 0 saturated carbocycles. The molecule has 1 aliphatic heterocycles. The van der Waals surface area contributed by atoms with Crippen molar-refractivity contribution in [2.24, 2.45) is 5.10 Å². The quantitative estimate of drug-likeness (QED) is 0.396. The lowest BCUT2D eigenvalue weighted by Gasteiger charge is -2.43. The summed E-state index contributed by atoms with van der Waals surface area (Å²) in [6, 6.07) is 8.72. The number of amides is 1. The van der Waals surface area contributed by atoms with E-state index in [0.29, 0.717) is 26.4 Å². The van der Waals surface area contributed by atoms with Gasteiger partial charge in [-0.3, -0.25) is 4.79 Å². The van der Waals surface area contributed by atoms with Crippen LogP contribution in [0.3, 0.4) is 0 Å². The SMILES string of the molecule is CCN1c2cc(Cl)c(/C=N/NC(=O)COc3ccc(Cl)cc3Cl)cc2C(C)=CC1(C)C. The van der Waals surface area contributed by atoms with Crippen LogP contribution in [0.5, 0.6) is 5.75 Å². The minimum Gasteiger partial charge on any atom is -0.482 e. The molecule has 0 aliphatic carbocycles. The molecular weight excluding hydrogens is 457 g/mol. The standard InChI is InChI=1S/C23H24Cl3N3O2/c1-5-29-20-10-18(25)15(8-17(20)14(2)11-23(29,3)4)12-27-28-22(30)13-31-21-7-6-16(24)9-19(21)26/h6-12H,5,13H2,1-4H3,(H,28,30)/b27-12+. The summed E-state index contributed by atoms with van der Waals surface area (Å²) < 4.78 is 5.40. The summed E-state index contributed by atoms with van der Waals surface area (Å²) in [5, 5.41) is 5.40. The summed E-state index contributed by atoms with van der Waals surface area (Å²) in [4.78, 5) is 14.3. The second kappa shape index (κ2) is 9.51. The van der Waals surface area contributed by atoms with Crippen LogP contribution in [-0.4, -0.2) is 30.8 Å². The fourth-order valence-electron chi connectivity index (χ4n) is 3.73. The molecule has 0 spiro atoms. The Balaban J connectivity index is 1.69. The first kappa shape index (κ1) is 23.5. The van der Waals surface area contributed by atoms with Crippen molar-refractivity contribution in [3.05, 3.63) is 62.6 Å². The van der Waals surface area contributed by atoms with Crippen LogP contribution in [0.1, 0.15) is 38.8 Å². The highest BCUT2D eigenvalue weighted by Gasteiger charge is 2.30. The van der Waals surface area contributed by atoms with E-state index >= 15 is 0 Å². The van der Waals surface area contributed by atoms with Crippen LogP contribution in [-0.2, 0) is 4.79 Å². The number of anilines is 1. The highest BCUT2D eigenvalue weighted by atomic mass is 35.5. The Kier molecular flexibility index (Phi) is 7.20. The first-order valence-corrected chi connectivity index (χ1v) is 11.0. The number of hydrazone groups is 1. The normalized spacial score (nSPS) is 14.9. The van der Waals surface area contributed by atoms with Gasteiger partial charge in [0.15, 0.2) is 6.61 Å². The third kappa shape index (κ3) is 5.35. The Hall–Kier alpha value is -2.21. The number of carbonyl (C=O) groups excluding carboxylic acids is 1. The van der Waals surface area contributed by atoms with Crippen LogP contribution < -0.4 is 15.1 Å². The molecule has 31 heavy (non-hydrogen) atoms. The number of nitrogens with one attached hydrogen (secondary N) is 1. The molecular formula is C23H24Cl3N3O2. The van der Waals surface area contributed by atoms with Gasteiger partial charge in [0, 0.05) is 28.4 Å². The Morgan fingerprint density at radius 2 is 1.94 bits per heavy atom. The topological polar surface area (TPSA) is 53.9 Å². The number of fused-ring (bicyclic) bond motifs is 1. The number of halogens is 3. The van der Waals surface area contributed by atoms with Crippen molar-refractivity contribution in [3.63, 3.8) is 0 Å². The summed E-state index contributed by atoms with van der Waals surface area (Å²) in [7, 11) is 0. The van der Waals surface area contributed by atoms with Crippen molar-refractivity contribution in [2.75, 3.05) is 18.1 Å². The summed E-state index contributed by atoms with van der Waals surface area (Å²) in [6.07, 6.45) is 3.77. The predicted molar refractivity (Wildman–Crippen MR) is 130 cm³/mol. The third-order valence-corrected chi connectivity index (χ3v) is 5.92. The zero-order valence-corrected chi connectivity index (χ0v) is 20.1. The number of allylic oxidation sites excluding steroid dienone is 1. The number of ether oxygens (including phenoxy) is 1. The van der Waals surface area contributed by atoms with Crippen LogP contribution in [0, 0.1) is 0 Å². The van der Waals surface area contributed by atoms with Crippen LogP contribution in [0.4, 0.5) is 5.69 Å². The lowest BCUT2D eigenvalue weighted by molar-refractivity contribution is -0.123. The average molecular weight is 481 g/mol. The van der Waals surface area contributed by atoms with Crippen molar-refractivity contribution in [3.8, 4) is 5.75 Å². The molecule has 0 bridgehead atoms. The molecule has 0 fully saturated rings. The third-order valence-electron chi connectivity index (χ3n) is 5.06. The number of rotatable bonds is 6. The average Bonchev–Trinajstić information content (AvgIpc) is 2.68. The fraction of sp³-hybridized carbons (Fsp3) is 0.304. The molecule has 3 rings (SSSR count). The largest absolute Gasteiger partial charge is 0.482 e. The number of hydrogen-bond acceptors (Lipinski definition) is 4. The Labute approximate surface area is 197 Å². The van der Waals surface area contributed by atoms with Crippen molar-refractivity contribution in [2.45, 2.75) is 33.2 Å². The molecule has 0 atom stereocenters. The van der Waals surface area contributed by atoms with E-state index in [1.807, 2.05) is 12.1 Å². The minimum atomic E-state index is -0.425. The van der Waals surface area contributed by atoms with E-state index in [9.17, 15) is 4.79 Å². The summed E-state index contributed by atoms with van der Waals surface area (Å²) in [6.45, 7) is 9.20. The first-order valence-electron chi connectivity index (χ1n) is 9.83. The molecule has 8 heteroatoms. The molecule has 2 aromatic carbocycles. The number of benzene rings is 2. The Bertz CT molecular complexity index is 1060. The number of likely N-dealkylation sites (N-methyl/N-ethyl adjacent to an activating group) is 1. The molecule has 1 N–H and O–H groups in total. The highest BCUT2D eigenvalue weighted by molar-refractivity contribution is 6.35. The number of hydrogen-bond donors (Lipinski definition) is 1. The molecule has 1 aliphatic rings. The highest BCUT2D eigenvalue weighted by Crippen LogP contribution is 2.40.